The molecule has 20 heavy (non-hydrogen) atoms. The molecule has 1 aromatic rings. The topological polar surface area (TPSA) is 58.4 Å². The Balaban J connectivity index is 1.43. The number of rotatable bonds is 4. The lowest BCUT2D eigenvalue weighted by Crippen LogP contribution is -2.31. The third-order valence-electron chi connectivity index (χ3n) is 4.70. The highest BCUT2D eigenvalue weighted by Gasteiger charge is 2.40. The van der Waals surface area contributed by atoms with Gasteiger partial charge in [0.05, 0.1) is 0 Å². The van der Waals surface area contributed by atoms with Crippen LogP contribution in [0.4, 0.5) is 5.69 Å². The zero-order chi connectivity index (χ0) is 13.9. The van der Waals surface area contributed by atoms with Crippen molar-refractivity contribution >= 4 is 11.6 Å². The summed E-state index contributed by atoms with van der Waals surface area (Å²) in [5.74, 6) is 1.52. The molecule has 3 atom stereocenters. The van der Waals surface area contributed by atoms with Crippen molar-refractivity contribution in [2.45, 2.75) is 25.3 Å². The van der Waals surface area contributed by atoms with Gasteiger partial charge in [-0.2, -0.15) is 0 Å². The second kappa shape index (κ2) is 5.94. The standard InChI is InChI=1S/C16H23N3O/c17-15-7-6-12-10-19(11-14(12)15)9-8-16(20)18-13-4-2-1-3-5-13/h1-5,12,14-15H,6-11,17H2,(H,18,20)/t12-,14+,15-/m1/s1. The van der Waals surface area contributed by atoms with Gasteiger partial charge in [-0.25, -0.2) is 0 Å². The van der Waals surface area contributed by atoms with Crippen LogP contribution in [-0.4, -0.2) is 36.5 Å². The monoisotopic (exact) mass is 273 g/mol. The number of para-hydroxylation sites is 1. The van der Waals surface area contributed by atoms with E-state index in [1.807, 2.05) is 30.3 Å². The highest BCUT2D eigenvalue weighted by Crippen LogP contribution is 2.36. The van der Waals surface area contributed by atoms with Crippen molar-refractivity contribution < 1.29 is 4.79 Å². The van der Waals surface area contributed by atoms with E-state index in [2.05, 4.69) is 10.2 Å². The predicted octanol–water partition coefficient (Wildman–Crippen LogP) is 1.68. The summed E-state index contributed by atoms with van der Waals surface area (Å²) in [7, 11) is 0. The summed E-state index contributed by atoms with van der Waals surface area (Å²) in [4.78, 5) is 14.3. The maximum Gasteiger partial charge on any atom is 0.225 e. The molecule has 0 unspecified atom stereocenters. The van der Waals surface area contributed by atoms with Crippen molar-refractivity contribution in [1.29, 1.82) is 0 Å². The molecule has 2 aliphatic rings. The molecule has 1 aromatic carbocycles. The van der Waals surface area contributed by atoms with Crippen molar-refractivity contribution in [2.75, 3.05) is 25.0 Å². The van der Waals surface area contributed by atoms with Crippen molar-refractivity contribution in [3.05, 3.63) is 30.3 Å². The van der Waals surface area contributed by atoms with Crippen LogP contribution in [0, 0.1) is 11.8 Å². The summed E-state index contributed by atoms with van der Waals surface area (Å²) in [6.07, 6.45) is 3.00. The summed E-state index contributed by atoms with van der Waals surface area (Å²) in [6.45, 7) is 3.04. The number of benzene rings is 1. The minimum Gasteiger partial charge on any atom is -0.327 e. The maximum absolute atomic E-state index is 11.9. The summed E-state index contributed by atoms with van der Waals surface area (Å²) < 4.78 is 0. The Kier molecular flexibility index (Phi) is 4.03. The Bertz CT molecular complexity index is 462. The number of anilines is 1. The third-order valence-corrected chi connectivity index (χ3v) is 4.70. The second-order valence-corrected chi connectivity index (χ2v) is 6.09. The van der Waals surface area contributed by atoms with E-state index in [1.54, 1.807) is 0 Å². The van der Waals surface area contributed by atoms with Gasteiger partial charge >= 0.3 is 0 Å². The number of carbonyl (C=O) groups is 1. The molecule has 1 heterocycles. The van der Waals surface area contributed by atoms with Crippen LogP contribution in [0.3, 0.4) is 0 Å². The van der Waals surface area contributed by atoms with Crippen molar-refractivity contribution in [1.82, 2.24) is 4.90 Å². The van der Waals surface area contributed by atoms with Crippen LogP contribution in [-0.2, 0) is 4.79 Å². The lowest BCUT2D eigenvalue weighted by molar-refractivity contribution is -0.116. The Morgan fingerprint density at radius 1 is 1.25 bits per heavy atom. The number of hydrogen-bond donors (Lipinski definition) is 2. The molecule has 108 valence electrons. The van der Waals surface area contributed by atoms with E-state index >= 15 is 0 Å². The first kappa shape index (κ1) is 13.6. The molecule has 0 spiro atoms. The van der Waals surface area contributed by atoms with Gasteiger partial charge in [0.1, 0.15) is 0 Å². The molecule has 2 fully saturated rings. The average molecular weight is 273 g/mol. The summed E-state index contributed by atoms with van der Waals surface area (Å²) in [5.41, 5.74) is 7.01. The van der Waals surface area contributed by atoms with Crippen LogP contribution in [0.15, 0.2) is 30.3 Å². The quantitative estimate of drug-likeness (QED) is 0.877. The first-order valence-corrected chi connectivity index (χ1v) is 7.55. The second-order valence-electron chi connectivity index (χ2n) is 6.09. The molecule has 1 amide bonds. The largest absolute Gasteiger partial charge is 0.327 e. The van der Waals surface area contributed by atoms with Crippen molar-refractivity contribution in [3.63, 3.8) is 0 Å². The molecule has 1 saturated heterocycles. The molecule has 0 aromatic heterocycles. The zero-order valence-electron chi connectivity index (χ0n) is 11.8. The van der Waals surface area contributed by atoms with Crippen LogP contribution in [0.5, 0.6) is 0 Å². The van der Waals surface area contributed by atoms with Crippen LogP contribution in [0.25, 0.3) is 0 Å². The Hall–Kier alpha value is -1.39. The minimum absolute atomic E-state index is 0.0950. The van der Waals surface area contributed by atoms with E-state index < -0.39 is 0 Å². The normalized spacial score (nSPS) is 29.4. The lowest BCUT2D eigenvalue weighted by Gasteiger charge is -2.18. The number of fused-ring (bicyclic) bond motifs is 1. The molecule has 4 heteroatoms. The van der Waals surface area contributed by atoms with Crippen molar-refractivity contribution in [3.8, 4) is 0 Å². The van der Waals surface area contributed by atoms with Gasteiger partial charge in [-0.3, -0.25) is 4.79 Å². The van der Waals surface area contributed by atoms with E-state index in [4.69, 9.17) is 5.73 Å². The fourth-order valence-electron chi connectivity index (χ4n) is 3.59. The number of hydrogen-bond acceptors (Lipinski definition) is 3. The van der Waals surface area contributed by atoms with E-state index in [0.29, 0.717) is 18.4 Å². The van der Waals surface area contributed by atoms with Gasteiger partial charge in [-0.1, -0.05) is 18.2 Å². The smallest absolute Gasteiger partial charge is 0.225 e. The average Bonchev–Trinajstić information content (AvgIpc) is 3.00. The van der Waals surface area contributed by atoms with E-state index in [1.165, 1.54) is 12.8 Å². The lowest BCUT2D eigenvalue weighted by atomic mass is 9.98. The summed E-state index contributed by atoms with van der Waals surface area (Å²) >= 11 is 0. The summed E-state index contributed by atoms with van der Waals surface area (Å²) in [6, 6.07) is 10.0. The van der Waals surface area contributed by atoms with Gasteiger partial charge in [-0.15, -0.1) is 0 Å². The highest BCUT2D eigenvalue weighted by molar-refractivity contribution is 5.90. The molecule has 4 nitrogen and oxygen atoms in total. The van der Waals surface area contributed by atoms with E-state index in [0.717, 1.165) is 31.2 Å². The highest BCUT2D eigenvalue weighted by atomic mass is 16.1. The molecule has 1 aliphatic carbocycles. The number of amides is 1. The number of nitrogens with two attached hydrogens (primary N) is 1. The zero-order valence-corrected chi connectivity index (χ0v) is 11.8. The maximum atomic E-state index is 11.9. The molecule has 3 rings (SSSR count). The Morgan fingerprint density at radius 3 is 2.80 bits per heavy atom. The fourth-order valence-corrected chi connectivity index (χ4v) is 3.59. The number of carbonyl (C=O) groups excluding carboxylic acids is 1. The van der Waals surface area contributed by atoms with Crippen LogP contribution >= 0.6 is 0 Å². The number of nitrogens with zero attached hydrogens (tertiary/aromatic N) is 1. The van der Waals surface area contributed by atoms with Crippen LogP contribution in [0.1, 0.15) is 19.3 Å². The van der Waals surface area contributed by atoms with E-state index in [-0.39, 0.29) is 5.91 Å². The van der Waals surface area contributed by atoms with Crippen LogP contribution in [0.2, 0.25) is 0 Å². The minimum atomic E-state index is 0.0950. The number of nitrogens with one attached hydrogen (secondary N) is 1. The molecule has 1 aliphatic heterocycles. The Labute approximate surface area is 120 Å². The molecular weight excluding hydrogens is 250 g/mol. The van der Waals surface area contributed by atoms with Crippen molar-refractivity contribution in [2.24, 2.45) is 17.6 Å². The van der Waals surface area contributed by atoms with Gasteiger partial charge in [0.2, 0.25) is 5.91 Å². The molecular formula is C16H23N3O. The van der Waals surface area contributed by atoms with Gasteiger partial charge in [-0.05, 0) is 36.8 Å². The molecule has 3 N–H and O–H groups in total. The van der Waals surface area contributed by atoms with Gasteiger partial charge in [0.25, 0.3) is 0 Å². The van der Waals surface area contributed by atoms with Crippen LogP contribution < -0.4 is 11.1 Å². The summed E-state index contributed by atoms with van der Waals surface area (Å²) in [5, 5.41) is 2.93. The first-order chi connectivity index (χ1) is 9.72. The third kappa shape index (κ3) is 3.02. The molecule has 1 saturated carbocycles. The SMILES string of the molecule is N[C@@H]1CC[C@@H]2CN(CCC(=O)Nc3ccccc3)C[C@@H]21. The molecule has 0 radical (unpaired) electrons. The molecule has 0 bridgehead atoms. The van der Waals surface area contributed by atoms with Gasteiger partial charge in [0, 0.05) is 37.8 Å². The first-order valence-electron chi connectivity index (χ1n) is 7.55. The number of likely N-dealkylation sites (tertiary alicyclic amines) is 1. The predicted molar refractivity (Wildman–Crippen MR) is 80.3 cm³/mol. The van der Waals surface area contributed by atoms with E-state index in [9.17, 15) is 4.79 Å². The van der Waals surface area contributed by atoms with Gasteiger partial charge in [0.15, 0.2) is 0 Å². The van der Waals surface area contributed by atoms with Gasteiger partial charge < -0.3 is 16.0 Å². The Morgan fingerprint density at radius 2 is 2.05 bits per heavy atom. The fraction of sp³-hybridized carbons (Fsp3) is 0.562.